The molecule has 1 aromatic heterocycles. The number of hydrogen-bond donors (Lipinski definition) is 0. The Morgan fingerprint density at radius 3 is 2.47 bits per heavy atom. The van der Waals surface area contributed by atoms with Crippen molar-refractivity contribution in [3.05, 3.63) is 34.6 Å². The minimum Gasteiger partial charge on any atom is -0.255 e. The molecular weight excluding hydrogens is 299 g/mol. The summed E-state index contributed by atoms with van der Waals surface area (Å²) in [6, 6.07) is 3.38. The second kappa shape index (κ2) is 4.14. The van der Waals surface area contributed by atoms with E-state index >= 15 is 0 Å². The fraction of sp³-hybridized carbons (Fsp3) is 0.200. The number of halogens is 4. The van der Waals surface area contributed by atoms with Gasteiger partial charge in [-0.05, 0) is 18.2 Å². The van der Waals surface area contributed by atoms with Crippen molar-refractivity contribution in [1.29, 1.82) is 0 Å². The van der Waals surface area contributed by atoms with Gasteiger partial charge in [0.05, 0.1) is 5.56 Å². The molecule has 0 saturated heterocycles. The van der Waals surface area contributed by atoms with Crippen molar-refractivity contribution in [2.75, 3.05) is 0 Å². The SMILES string of the molecule is Cn1cnc(-c2ccc(C(F)(F)F)cc2Br)n1. The first-order valence-corrected chi connectivity index (χ1v) is 5.40. The van der Waals surface area contributed by atoms with Crippen LogP contribution >= 0.6 is 15.9 Å². The molecule has 1 heterocycles. The van der Waals surface area contributed by atoms with Crippen LogP contribution in [0.1, 0.15) is 5.56 Å². The van der Waals surface area contributed by atoms with E-state index in [1.807, 2.05) is 0 Å². The molecule has 0 atom stereocenters. The molecule has 2 rings (SSSR count). The maximum atomic E-state index is 12.4. The molecule has 90 valence electrons. The van der Waals surface area contributed by atoms with Gasteiger partial charge in [0.25, 0.3) is 0 Å². The van der Waals surface area contributed by atoms with E-state index in [0.717, 1.165) is 12.1 Å². The predicted octanol–water partition coefficient (Wildman–Crippen LogP) is 3.26. The van der Waals surface area contributed by atoms with Gasteiger partial charge in [-0.25, -0.2) is 4.98 Å². The number of alkyl halides is 3. The zero-order valence-electron chi connectivity index (χ0n) is 8.66. The lowest BCUT2D eigenvalue weighted by molar-refractivity contribution is -0.137. The Balaban J connectivity index is 2.45. The summed E-state index contributed by atoms with van der Waals surface area (Å²) in [5, 5.41) is 4.03. The van der Waals surface area contributed by atoms with Crippen LogP contribution < -0.4 is 0 Å². The van der Waals surface area contributed by atoms with Crippen LogP contribution in [-0.4, -0.2) is 14.8 Å². The van der Waals surface area contributed by atoms with E-state index in [1.165, 1.54) is 17.1 Å². The molecule has 0 fully saturated rings. The topological polar surface area (TPSA) is 30.7 Å². The summed E-state index contributed by atoms with van der Waals surface area (Å²) in [6.07, 6.45) is -2.86. The molecule has 17 heavy (non-hydrogen) atoms. The van der Waals surface area contributed by atoms with E-state index < -0.39 is 11.7 Å². The fourth-order valence-electron chi connectivity index (χ4n) is 1.34. The number of hydrogen-bond acceptors (Lipinski definition) is 2. The molecule has 0 radical (unpaired) electrons. The molecule has 0 aliphatic carbocycles. The average molecular weight is 306 g/mol. The van der Waals surface area contributed by atoms with Crippen molar-refractivity contribution < 1.29 is 13.2 Å². The van der Waals surface area contributed by atoms with E-state index in [9.17, 15) is 13.2 Å². The van der Waals surface area contributed by atoms with Gasteiger partial charge < -0.3 is 0 Å². The number of benzene rings is 1. The molecule has 2 aromatic rings. The predicted molar refractivity (Wildman–Crippen MR) is 59.1 cm³/mol. The minimum absolute atomic E-state index is 0.318. The van der Waals surface area contributed by atoms with Gasteiger partial charge in [-0.3, -0.25) is 4.68 Å². The van der Waals surface area contributed by atoms with E-state index in [-0.39, 0.29) is 0 Å². The number of aromatic nitrogens is 3. The molecule has 0 N–H and O–H groups in total. The second-order valence-corrected chi connectivity index (χ2v) is 4.29. The van der Waals surface area contributed by atoms with E-state index in [1.54, 1.807) is 7.05 Å². The van der Waals surface area contributed by atoms with E-state index in [2.05, 4.69) is 26.0 Å². The molecule has 0 amide bonds. The first kappa shape index (κ1) is 12.1. The van der Waals surface area contributed by atoms with Crippen LogP contribution in [-0.2, 0) is 13.2 Å². The highest BCUT2D eigenvalue weighted by molar-refractivity contribution is 9.10. The minimum atomic E-state index is -4.35. The van der Waals surface area contributed by atoms with Crippen LogP contribution in [0, 0.1) is 0 Å². The molecule has 0 spiro atoms. The quantitative estimate of drug-likeness (QED) is 0.809. The summed E-state index contributed by atoms with van der Waals surface area (Å²) in [6.45, 7) is 0. The molecule has 0 unspecified atom stereocenters. The van der Waals surface area contributed by atoms with Crippen LogP contribution in [0.4, 0.5) is 13.2 Å². The van der Waals surface area contributed by atoms with E-state index in [4.69, 9.17) is 0 Å². The fourth-order valence-corrected chi connectivity index (χ4v) is 1.89. The summed E-state index contributed by atoms with van der Waals surface area (Å²) in [7, 11) is 1.69. The van der Waals surface area contributed by atoms with Crippen LogP contribution in [0.3, 0.4) is 0 Å². The van der Waals surface area contributed by atoms with Crippen LogP contribution in [0.25, 0.3) is 11.4 Å². The van der Waals surface area contributed by atoms with Crippen molar-refractivity contribution in [2.45, 2.75) is 6.18 Å². The first-order chi connectivity index (χ1) is 7.88. The molecule has 0 aliphatic heterocycles. The number of nitrogens with zero attached hydrogens (tertiary/aromatic N) is 3. The molecular formula is C10H7BrF3N3. The third-order valence-electron chi connectivity index (χ3n) is 2.14. The molecule has 0 bridgehead atoms. The van der Waals surface area contributed by atoms with Gasteiger partial charge in [0.15, 0.2) is 5.82 Å². The van der Waals surface area contributed by atoms with Gasteiger partial charge in [-0.2, -0.15) is 18.3 Å². The zero-order valence-corrected chi connectivity index (χ0v) is 10.2. The molecule has 3 nitrogen and oxygen atoms in total. The van der Waals surface area contributed by atoms with Gasteiger partial charge in [-0.1, -0.05) is 15.9 Å². The summed E-state index contributed by atoms with van der Waals surface area (Å²) in [4.78, 5) is 3.98. The lowest BCUT2D eigenvalue weighted by atomic mass is 10.1. The Hall–Kier alpha value is -1.37. The van der Waals surface area contributed by atoms with Crippen LogP contribution in [0.15, 0.2) is 29.0 Å². The standard InChI is InChI=1S/C10H7BrF3N3/c1-17-5-15-9(16-17)7-3-2-6(4-8(7)11)10(12,13)14/h2-5H,1H3. The third kappa shape index (κ3) is 2.49. The number of aryl methyl sites for hydroxylation is 1. The Morgan fingerprint density at radius 1 is 1.29 bits per heavy atom. The van der Waals surface area contributed by atoms with Crippen LogP contribution in [0.2, 0.25) is 0 Å². The molecule has 0 aliphatic rings. The van der Waals surface area contributed by atoms with Crippen molar-refractivity contribution in [3.8, 4) is 11.4 Å². The Labute approximate surface area is 103 Å². The summed E-state index contributed by atoms with van der Waals surface area (Å²) < 4.78 is 39.2. The normalized spacial score (nSPS) is 11.8. The van der Waals surface area contributed by atoms with Gasteiger partial charge in [-0.15, -0.1) is 0 Å². The maximum Gasteiger partial charge on any atom is 0.416 e. The first-order valence-electron chi connectivity index (χ1n) is 4.60. The molecule has 1 aromatic carbocycles. The van der Waals surface area contributed by atoms with Crippen LogP contribution in [0.5, 0.6) is 0 Å². The van der Waals surface area contributed by atoms with Crippen molar-refractivity contribution in [2.24, 2.45) is 7.05 Å². The lowest BCUT2D eigenvalue weighted by Crippen LogP contribution is -2.04. The molecule has 7 heteroatoms. The average Bonchev–Trinajstić information content (AvgIpc) is 2.63. The smallest absolute Gasteiger partial charge is 0.255 e. The van der Waals surface area contributed by atoms with Crippen molar-refractivity contribution >= 4 is 15.9 Å². The Morgan fingerprint density at radius 2 is 2.00 bits per heavy atom. The summed E-state index contributed by atoms with van der Waals surface area (Å²) in [5.41, 5.74) is -0.178. The van der Waals surface area contributed by atoms with Crippen molar-refractivity contribution in [1.82, 2.24) is 14.8 Å². The second-order valence-electron chi connectivity index (χ2n) is 3.43. The Bertz CT molecular complexity index is 548. The highest BCUT2D eigenvalue weighted by Gasteiger charge is 2.31. The summed E-state index contributed by atoms with van der Waals surface area (Å²) >= 11 is 3.10. The third-order valence-corrected chi connectivity index (χ3v) is 2.79. The lowest BCUT2D eigenvalue weighted by Gasteiger charge is -2.08. The molecule has 0 saturated carbocycles. The van der Waals surface area contributed by atoms with Crippen molar-refractivity contribution in [3.63, 3.8) is 0 Å². The largest absolute Gasteiger partial charge is 0.416 e. The van der Waals surface area contributed by atoms with Gasteiger partial charge >= 0.3 is 6.18 Å². The maximum absolute atomic E-state index is 12.4. The number of rotatable bonds is 1. The zero-order chi connectivity index (χ0) is 12.6. The summed E-state index contributed by atoms with van der Waals surface area (Å²) in [5.74, 6) is 0.382. The van der Waals surface area contributed by atoms with Gasteiger partial charge in [0, 0.05) is 17.1 Å². The van der Waals surface area contributed by atoms with Gasteiger partial charge in [0.2, 0.25) is 0 Å². The highest BCUT2D eigenvalue weighted by atomic mass is 79.9. The Kier molecular flexibility index (Phi) is 2.94. The monoisotopic (exact) mass is 305 g/mol. The highest BCUT2D eigenvalue weighted by Crippen LogP contribution is 2.34. The van der Waals surface area contributed by atoms with Gasteiger partial charge in [0.1, 0.15) is 6.33 Å². The van der Waals surface area contributed by atoms with E-state index in [0.29, 0.717) is 15.9 Å².